The molecule has 80 valence electrons. The van der Waals surface area contributed by atoms with Crippen LogP contribution >= 0.6 is 0 Å². The lowest BCUT2D eigenvalue weighted by Crippen LogP contribution is -2.03. The average molecular weight is 204 g/mol. The Morgan fingerprint density at radius 2 is 2.07 bits per heavy atom. The Hall–Kier alpha value is -1.15. The van der Waals surface area contributed by atoms with Crippen LogP contribution in [-0.2, 0) is 4.79 Å². The fourth-order valence-electron chi connectivity index (χ4n) is 2.06. The molecule has 1 aliphatic carbocycles. The summed E-state index contributed by atoms with van der Waals surface area (Å²) < 4.78 is 0. The molecular weight excluding hydrogens is 188 g/mol. The Morgan fingerprint density at radius 1 is 1.33 bits per heavy atom. The van der Waals surface area contributed by atoms with Crippen molar-refractivity contribution in [1.29, 1.82) is 0 Å². The van der Waals surface area contributed by atoms with Gasteiger partial charge < -0.3 is 5.11 Å². The van der Waals surface area contributed by atoms with Crippen LogP contribution in [-0.4, -0.2) is 17.5 Å². The molecule has 1 fully saturated rings. The van der Waals surface area contributed by atoms with Crippen LogP contribution in [0.15, 0.2) is 30.3 Å². The largest absolute Gasteiger partial charge is 0.396 e. The van der Waals surface area contributed by atoms with E-state index in [0.29, 0.717) is 24.5 Å². The van der Waals surface area contributed by atoms with Crippen LogP contribution in [0.4, 0.5) is 0 Å². The normalized spacial score (nSPS) is 23.8. The standard InChI is InChI=1S/C13H16O2/c14-8-4-7-13(15)12-9-11(12)10-5-2-1-3-6-10/h1-3,5-6,11-12,14H,4,7-9H2. The maximum atomic E-state index is 11.6. The molecular formula is C13H16O2. The van der Waals surface area contributed by atoms with E-state index in [1.165, 1.54) is 5.56 Å². The monoisotopic (exact) mass is 204 g/mol. The van der Waals surface area contributed by atoms with Gasteiger partial charge in [0, 0.05) is 18.9 Å². The van der Waals surface area contributed by atoms with Crippen LogP contribution in [0.5, 0.6) is 0 Å². The summed E-state index contributed by atoms with van der Waals surface area (Å²) in [5.74, 6) is 0.981. The number of ketones is 1. The van der Waals surface area contributed by atoms with Gasteiger partial charge in [-0.3, -0.25) is 4.79 Å². The van der Waals surface area contributed by atoms with Crippen molar-refractivity contribution in [2.45, 2.75) is 25.2 Å². The maximum absolute atomic E-state index is 11.6. The zero-order valence-corrected chi connectivity index (χ0v) is 8.73. The average Bonchev–Trinajstić information content (AvgIpc) is 3.07. The van der Waals surface area contributed by atoms with Crippen molar-refractivity contribution in [3.05, 3.63) is 35.9 Å². The minimum Gasteiger partial charge on any atom is -0.396 e. The van der Waals surface area contributed by atoms with E-state index < -0.39 is 0 Å². The smallest absolute Gasteiger partial charge is 0.136 e. The second-order valence-corrected chi connectivity index (χ2v) is 4.15. The number of aliphatic hydroxyl groups excluding tert-OH is 1. The van der Waals surface area contributed by atoms with E-state index in [1.807, 2.05) is 18.2 Å². The van der Waals surface area contributed by atoms with E-state index in [1.54, 1.807) is 0 Å². The molecule has 0 aromatic heterocycles. The van der Waals surface area contributed by atoms with E-state index in [-0.39, 0.29) is 12.5 Å². The van der Waals surface area contributed by atoms with E-state index >= 15 is 0 Å². The highest BCUT2D eigenvalue weighted by Crippen LogP contribution is 2.48. The Balaban J connectivity index is 1.88. The first-order valence-corrected chi connectivity index (χ1v) is 5.51. The van der Waals surface area contributed by atoms with Crippen molar-refractivity contribution < 1.29 is 9.90 Å². The molecule has 1 aliphatic rings. The highest BCUT2D eigenvalue weighted by molar-refractivity contribution is 5.84. The van der Waals surface area contributed by atoms with Gasteiger partial charge in [0.25, 0.3) is 0 Å². The SMILES string of the molecule is O=C(CCCO)C1CC1c1ccccc1. The van der Waals surface area contributed by atoms with Crippen LogP contribution in [0, 0.1) is 5.92 Å². The van der Waals surface area contributed by atoms with Gasteiger partial charge in [-0.25, -0.2) is 0 Å². The summed E-state index contributed by atoms with van der Waals surface area (Å²) in [4.78, 5) is 11.6. The van der Waals surface area contributed by atoms with Crippen molar-refractivity contribution in [3.8, 4) is 0 Å². The third-order valence-electron chi connectivity index (χ3n) is 3.01. The summed E-state index contributed by atoms with van der Waals surface area (Å²) in [6.45, 7) is 0.120. The zero-order valence-electron chi connectivity index (χ0n) is 8.73. The maximum Gasteiger partial charge on any atom is 0.136 e. The van der Waals surface area contributed by atoms with Gasteiger partial charge in [0.05, 0.1) is 0 Å². The minimum atomic E-state index is 0.120. The molecule has 0 saturated heterocycles. The van der Waals surface area contributed by atoms with Crippen molar-refractivity contribution >= 4 is 5.78 Å². The van der Waals surface area contributed by atoms with Crippen molar-refractivity contribution in [3.63, 3.8) is 0 Å². The molecule has 0 aliphatic heterocycles. The van der Waals surface area contributed by atoms with Crippen LogP contribution in [0.3, 0.4) is 0 Å². The quantitative estimate of drug-likeness (QED) is 0.797. The van der Waals surface area contributed by atoms with Crippen molar-refractivity contribution in [2.75, 3.05) is 6.61 Å². The second kappa shape index (κ2) is 4.58. The number of carbonyl (C=O) groups is 1. The summed E-state index contributed by atoms with van der Waals surface area (Å²) >= 11 is 0. The highest BCUT2D eigenvalue weighted by Gasteiger charge is 2.42. The van der Waals surface area contributed by atoms with E-state index in [2.05, 4.69) is 12.1 Å². The summed E-state index contributed by atoms with van der Waals surface area (Å²) in [6, 6.07) is 10.2. The summed E-state index contributed by atoms with van der Waals surface area (Å²) in [6.07, 6.45) is 2.13. The number of hydrogen-bond acceptors (Lipinski definition) is 2. The Labute approximate surface area is 89.9 Å². The van der Waals surface area contributed by atoms with Crippen LogP contribution in [0.2, 0.25) is 0 Å². The van der Waals surface area contributed by atoms with Gasteiger partial charge in [-0.15, -0.1) is 0 Å². The number of aliphatic hydroxyl groups is 1. The van der Waals surface area contributed by atoms with Crippen LogP contribution < -0.4 is 0 Å². The molecule has 1 saturated carbocycles. The molecule has 0 amide bonds. The minimum absolute atomic E-state index is 0.120. The predicted molar refractivity (Wildman–Crippen MR) is 58.6 cm³/mol. The number of Topliss-reactive ketones (excluding diaryl/α,β-unsaturated/α-hetero) is 1. The van der Waals surface area contributed by atoms with Gasteiger partial charge in [-0.05, 0) is 24.3 Å². The van der Waals surface area contributed by atoms with Crippen LogP contribution in [0.25, 0.3) is 0 Å². The molecule has 0 radical (unpaired) electrons. The third-order valence-corrected chi connectivity index (χ3v) is 3.01. The summed E-state index contributed by atoms with van der Waals surface area (Å²) in [7, 11) is 0. The van der Waals surface area contributed by atoms with E-state index in [0.717, 1.165) is 6.42 Å². The molecule has 2 heteroatoms. The predicted octanol–water partition coefficient (Wildman–Crippen LogP) is 2.13. The molecule has 0 bridgehead atoms. The van der Waals surface area contributed by atoms with Gasteiger partial charge in [-0.1, -0.05) is 30.3 Å². The molecule has 2 unspecified atom stereocenters. The first kappa shape index (κ1) is 10.4. The van der Waals surface area contributed by atoms with Gasteiger partial charge >= 0.3 is 0 Å². The zero-order chi connectivity index (χ0) is 10.7. The first-order chi connectivity index (χ1) is 7.33. The first-order valence-electron chi connectivity index (χ1n) is 5.51. The Morgan fingerprint density at radius 3 is 2.73 bits per heavy atom. The number of benzene rings is 1. The Bertz CT molecular complexity index is 332. The second-order valence-electron chi connectivity index (χ2n) is 4.15. The molecule has 1 N–H and O–H groups in total. The van der Waals surface area contributed by atoms with Crippen molar-refractivity contribution in [1.82, 2.24) is 0 Å². The molecule has 1 aromatic rings. The number of rotatable bonds is 5. The van der Waals surface area contributed by atoms with Gasteiger partial charge in [0.2, 0.25) is 0 Å². The molecule has 0 spiro atoms. The molecule has 2 atom stereocenters. The summed E-state index contributed by atoms with van der Waals surface area (Å²) in [5.41, 5.74) is 1.28. The lowest BCUT2D eigenvalue weighted by molar-refractivity contribution is -0.120. The van der Waals surface area contributed by atoms with Gasteiger partial charge in [0.15, 0.2) is 0 Å². The fourth-order valence-corrected chi connectivity index (χ4v) is 2.06. The molecule has 0 heterocycles. The number of hydrogen-bond donors (Lipinski definition) is 1. The van der Waals surface area contributed by atoms with Gasteiger partial charge in [-0.2, -0.15) is 0 Å². The number of carbonyl (C=O) groups excluding carboxylic acids is 1. The summed E-state index contributed by atoms with van der Waals surface area (Å²) in [5, 5.41) is 8.65. The lowest BCUT2D eigenvalue weighted by atomic mass is 10.1. The van der Waals surface area contributed by atoms with E-state index in [9.17, 15) is 4.79 Å². The Kier molecular flexibility index (Phi) is 3.17. The van der Waals surface area contributed by atoms with Gasteiger partial charge in [0.1, 0.15) is 5.78 Å². The fraction of sp³-hybridized carbons (Fsp3) is 0.462. The lowest BCUT2D eigenvalue weighted by Gasteiger charge is -1.99. The molecule has 2 nitrogen and oxygen atoms in total. The molecule has 1 aromatic carbocycles. The van der Waals surface area contributed by atoms with Crippen LogP contribution in [0.1, 0.15) is 30.7 Å². The molecule has 2 rings (SSSR count). The third kappa shape index (κ3) is 2.45. The topological polar surface area (TPSA) is 37.3 Å². The van der Waals surface area contributed by atoms with Crippen molar-refractivity contribution in [2.24, 2.45) is 5.92 Å². The highest BCUT2D eigenvalue weighted by atomic mass is 16.3. The molecule has 15 heavy (non-hydrogen) atoms. The van der Waals surface area contributed by atoms with E-state index in [4.69, 9.17) is 5.11 Å².